The number of hydrogen-bond acceptors (Lipinski definition) is 1. The molecule has 0 unspecified atom stereocenters. The van der Waals surface area contributed by atoms with Crippen LogP contribution in [-0.4, -0.2) is 5.78 Å². The lowest BCUT2D eigenvalue weighted by Crippen LogP contribution is -2.18. The van der Waals surface area contributed by atoms with Crippen LogP contribution in [0, 0.1) is 5.92 Å². The molecule has 0 aliphatic heterocycles. The van der Waals surface area contributed by atoms with Gasteiger partial charge in [0.15, 0.2) is 5.78 Å². The quantitative estimate of drug-likeness (QED) is 0.691. The molecule has 0 atom stereocenters. The van der Waals surface area contributed by atoms with E-state index in [1.54, 1.807) is 0 Å². The van der Waals surface area contributed by atoms with Gasteiger partial charge in [-0.15, -0.1) is 0 Å². The van der Waals surface area contributed by atoms with Crippen molar-refractivity contribution in [2.24, 2.45) is 5.92 Å². The normalized spacial score (nSPS) is 17.5. The Morgan fingerprint density at radius 1 is 1.16 bits per heavy atom. The SMILES string of the molecule is O=C(c1ccc(C(F)(F)F)cc1Cl)C1CCCCC1. The van der Waals surface area contributed by atoms with Crippen molar-refractivity contribution >= 4 is 17.4 Å². The molecular formula is C14H14ClF3O. The van der Waals surface area contributed by atoms with Crippen LogP contribution in [0.5, 0.6) is 0 Å². The smallest absolute Gasteiger partial charge is 0.294 e. The van der Waals surface area contributed by atoms with E-state index in [9.17, 15) is 18.0 Å². The van der Waals surface area contributed by atoms with Gasteiger partial charge in [-0.3, -0.25) is 4.79 Å². The highest BCUT2D eigenvalue weighted by molar-refractivity contribution is 6.34. The Kier molecular flexibility index (Phi) is 4.19. The Hall–Kier alpha value is -1.03. The van der Waals surface area contributed by atoms with Gasteiger partial charge in [-0.1, -0.05) is 30.9 Å². The second-order valence-corrected chi connectivity index (χ2v) is 5.30. The monoisotopic (exact) mass is 290 g/mol. The zero-order chi connectivity index (χ0) is 14.0. The summed E-state index contributed by atoms with van der Waals surface area (Å²) in [7, 11) is 0. The Morgan fingerprint density at radius 2 is 1.79 bits per heavy atom. The molecule has 1 aliphatic rings. The summed E-state index contributed by atoms with van der Waals surface area (Å²) in [6.45, 7) is 0. The van der Waals surface area contributed by atoms with Gasteiger partial charge in [0.2, 0.25) is 0 Å². The molecule has 1 nitrogen and oxygen atoms in total. The van der Waals surface area contributed by atoms with Crippen molar-refractivity contribution in [3.8, 4) is 0 Å². The number of benzene rings is 1. The third-order valence-electron chi connectivity index (χ3n) is 3.54. The lowest BCUT2D eigenvalue weighted by atomic mass is 9.84. The summed E-state index contributed by atoms with van der Waals surface area (Å²) in [6.07, 6.45) is 0.274. The number of ketones is 1. The molecule has 0 amide bonds. The number of hydrogen-bond donors (Lipinski definition) is 0. The first-order valence-electron chi connectivity index (χ1n) is 6.30. The van der Waals surface area contributed by atoms with Gasteiger partial charge >= 0.3 is 6.18 Å². The summed E-state index contributed by atoms with van der Waals surface area (Å²) < 4.78 is 37.5. The molecule has 1 fully saturated rings. The second-order valence-electron chi connectivity index (χ2n) is 4.89. The molecule has 1 aliphatic carbocycles. The van der Waals surface area contributed by atoms with E-state index in [1.807, 2.05) is 0 Å². The van der Waals surface area contributed by atoms with Crippen molar-refractivity contribution in [3.05, 3.63) is 34.3 Å². The minimum absolute atomic E-state index is 0.0945. The number of carbonyl (C=O) groups is 1. The average Bonchev–Trinajstić information content (AvgIpc) is 2.38. The average molecular weight is 291 g/mol. The molecule has 1 aromatic rings. The first kappa shape index (κ1) is 14.4. The van der Waals surface area contributed by atoms with E-state index in [0.717, 1.165) is 44.2 Å². The maximum atomic E-state index is 12.5. The van der Waals surface area contributed by atoms with Crippen LogP contribution in [0.15, 0.2) is 18.2 Å². The largest absolute Gasteiger partial charge is 0.416 e. The van der Waals surface area contributed by atoms with Crippen molar-refractivity contribution in [2.75, 3.05) is 0 Å². The molecule has 2 rings (SSSR count). The molecule has 5 heteroatoms. The van der Waals surface area contributed by atoms with Crippen molar-refractivity contribution in [2.45, 2.75) is 38.3 Å². The molecule has 0 N–H and O–H groups in total. The van der Waals surface area contributed by atoms with Gasteiger partial charge in [0.25, 0.3) is 0 Å². The summed E-state index contributed by atoms with van der Waals surface area (Å²) in [5.41, 5.74) is -0.612. The van der Waals surface area contributed by atoms with E-state index < -0.39 is 11.7 Å². The maximum Gasteiger partial charge on any atom is 0.416 e. The first-order chi connectivity index (χ1) is 8.89. The van der Waals surface area contributed by atoms with E-state index in [2.05, 4.69) is 0 Å². The van der Waals surface area contributed by atoms with E-state index in [0.29, 0.717) is 0 Å². The molecule has 1 saturated carbocycles. The highest BCUT2D eigenvalue weighted by atomic mass is 35.5. The third-order valence-corrected chi connectivity index (χ3v) is 3.85. The van der Waals surface area contributed by atoms with Crippen LogP contribution < -0.4 is 0 Å². The predicted molar refractivity (Wildman–Crippen MR) is 67.4 cm³/mol. The van der Waals surface area contributed by atoms with Crippen molar-refractivity contribution in [1.82, 2.24) is 0 Å². The van der Waals surface area contributed by atoms with Crippen LogP contribution in [0.25, 0.3) is 0 Å². The summed E-state index contributed by atoms with van der Waals surface area (Å²) >= 11 is 5.83. The molecule has 19 heavy (non-hydrogen) atoms. The van der Waals surface area contributed by atoms with Crippen molar-refractivity contribution in [3.63, 3.8) is 0 Å². The van der Waals surface area contributed by atoms with E-state index in [4.69, 9.17) is 11.6 Å². The van der Waals surface area contributed by atoms with Gasteiger partial charge in [-0.25, -0.2) is 0 Å². The molecule has 0 radical (unpaired) electrons. The van der Waals surface area contributed by atoms with Gasteiger partial charge in [-0.2, -0.15) is 13.2 Å². The van der Waals surface area contributed by atoms with Crippen LogP contribution in [0.2, 0.25) is 5.02 Å². The maximum absolute atomic E-state index is 12.5. The van der Waals surface area contributed by atoms with Crippen LogP contribution in [0.3, 0.4) is 0 Å². The van der Waals surface area contributed by atoms with Crippen LogP contribution >= 0.6 is 11.6 Å². The highest BCUT2D eigenvalue weighted by Crippen LogP contribution is 2.34. The molecule has 0 spiro atoms. The lowest BCUT2D eigenvalue weighted by molar-refractivity contribution is -0.137. The van der Waals surface area contributed by atoms with Crippen LogP contribution in [0.1, 0.15) is 48.0 Å². The number of halogens is 4. The molecule has 104 valence electrons. The van der Waals surface area contributed by atoms with Gasteiger partial charge in [0, 0.05) is 11.5 Å². The summed E-state index contributed by atoms with van der Waals surface area (Å²) in [6, 6.07) is 2.95. The van der Waals surface area contributed by atoms with Crippen LogP contribution in [-0.2, 0) is 6.18 Å². The Morgan fingerprint density at radius 3 is 2.32 bits per heavy atom. The van der Waals surface area contributed by atoms with Gasteiger partial charge < -0.3 is 0 Å². The second kappa shape index (κ2) is 5.53. The Bertz CT molecular complexity index is 476. The summed E-state index contributed by atoms with van der Waals surface area (Å²) in [4.78, 5) is 12.2. The Balaban J connectivity index is 2.23. The van der Waals surface area contributed by atoms with E-state index in [1.165, 1.54) is 6.07 Å². The zero-order valence-electron chi connectivity index (χ0n) is 10.3. The fraction of sp³-hybridized carbons (Fsp3) is 0.500. The minimum atomic E-state index is -4.43. The summed E-state index contributed by atoms with van der Waals surface area (Å²) in [5, 5.41) is -0.106. The van der Waals surface area contributed by atoms with Crippen molar-refractivity contribution < 1.29 is 18.0 Å². The molecule has 0 heterocycles. The molecule has 0 bridgehead atoms. The fourth-order valence-electron chi connectivity index (χ4n) is 2.48. The minimum Gasteiger partial charge on any atom is -0.294 e. The first-order valence-corrected chi connectivity index (χ1v) is 6.68. The number of rotatable bonds is 2. The number of Topliss-reactive ketones (excluding diaryl/α,β-unsaturated/α-hetero) is 1. The van der Waals surface area contributed by atoms with E-state index in [-0.39, 0.29) is 22.3 Å². The van der Waals surface area contributed by atoms with Gasteiger partial charge in [0.1, 0.15) is 0 Å². The number of carbonyl (C=O) groups excluding carboxylic acids is 1. The van der Waals surface area contributed by atoms with Crippen LogP contribution in [0.4, 0.5) is 13.2 Å². The van der Waals surface area contributed by atoms with Crippen molar-refractivity contribution in [1.29, 1.82) is 0 Å². The zero-order valence-corrected chi connectivity index (χ0v) is 11.0. The molecule has 0 saturated heterocycles. The predicted octanol–water partition coefficient (Wildman–Crippen LogP) is 5.12. The summed E-state index contributed by atoms with van der Waals surface area (Å²) in [5.74, 6) is -0.221. The lowest BCUT2D eigenvalue weighted by Gasteiger charge is -2.21. The van der Waals surface area contributed by atoms with E-state index >= 15 is 0 Å². The third kappa shape index (κ3) is 3.30. The van der Waals surface area contributed by atoms with Gasteiger partial charge in [0.05, 0.1) is 10.6 Å². The molecule has 1 aromatic carbocycles. The topological polar surface area (TPSA) is 17.1 Å². The molecular weight excluding hydrogens is 277 g/mol. The Labute approximate surface area is 114 Å². The number of alkyl halides is 3. The van der Waals surface area contributed by atoms with Gasteiger partial charge in [-0.05, 0) is 31.0 Å². The molecule has 0 aromatic heterocycles. The highest BCUT2D eigenvalue weighted by Gasteiger charge is 2.32. The fourth-order valence-corrected chi connectivity index (χ4v) is 2.75. The standard InChI is InChI=1S/C14H14ClF3O/c15-12-8-10(14(16,17)18)6-7-11(12)13(19)9-4-2-1-3-5-9/h6-9H,1-5H2.